The summed E-state index contributed by atoms with van der Waals surface area (Å²) < 4.78 is 0. The predicted molar refractivity (Wildman–Crippen MR) is 173 cm³/mol. The fraction of sp³-hybridized carbons (Fsp3) is 0.0811. The number of hydrogen-bond acceptors (Lipinski definition) is 3. The number of nitrogens with zero attached hydrogens (tertiary/aromatic N) is 1. The minimum absolute atomic E-state index is 0.133. The van der Waals surface area contributed by atoms with E-state index in [-0.39, 0.29) is 12.5 Å². The van der Waals surface area contributed by atoms with Crippen LogP contribution >= 0.6 is 11.6 Å². The van der Waals surface area contributed by atoms with Crippen LogP contribution in [0.5, 0.6) is 0 Å². The Morgan fingerprint density at radius 3 is 1.90 bits per heavy atom. The number of hydrogen-bond donors (Lipinski definition) is 2. The second-order valence-electron chi connectivity index (χ2n) is 10.8. The Kier molecular flexibility index (Phi) is 6.79. The fourth-order valence-electron chi connectivity index (χ4n) is 6.12. The van der Waals surface area contributed by atoms with Crippen LogP contribution in [-0.4, -0.2) is 23.1 Å². The minimum atomic E-state index is -0.133. The van der Waals surface area contributed by atoms with Crippen LogP contribution in [0, 0.1) is 5.41 Å². The van der Waals surface area contributed by atoms with Gasteiger partial charge in [-0.25, -0.2) is 0 Å². The van der Waals surface area contributed by atoms with Crippen LogP contribution in [0.2, 0.25) is 5.02 Å². The Balaban J connectivity index is 1.24. The molecule has 0 saturated heterocycles. The molecule has 204 valence electrons. The van der Waals surface area contributed by atoms with Gasteiger partial charge in [0.2, 0.25) is 5.91 Å². The third kappa shape index (κ3) is 4.85. The summed E-state index contributed by atoms with van der Waals surface area (Å²) in [7, 11) is 0. The molecule has 1 aliphatic heterocycles. The average Bonchev–Trinajstić information content (AvgIpc) is 3.18. The SMILES string of the molecule is N=C(c1ccccc1)c1cc(Cl)ccc1NC(=O)CN1Cc2ccc3ccccc3c2-c2c(ccc3ccccc23)C1. The van der Waals surface area contributed by atoms with E-state index in [0.29, 0.717) is 35.1 Å². The number of nitrogens with one attached hydrogen (secondary N) is 2. The first-order chi connectivity index (χ1) is 20.5. The van der Waals surface area contributed by atoms with Crippen LogP contribution < -0.4 is 5.32 Å². The van der Waals surface area contributed by atoms with Crippen LogP contribution in [0.15, 0.2) is 121 Å². The average molecular weight is 566 g/mol. The lowest BCUT2D eigenvalue weighted by Gasteiger charge is -2.21. The van der Waals surface area contributed by atoms with E-state index in [1.165, 1.54) is 43.8 Å². The minimum Gasteiger partial charge on any atom is -0.324 e. The summed E-state index contributed by atoms with van der Waals surface area (Å²) >= 11 is 6.32. The van der Waals surface area contributed by atoms with E-state index < -0.39 is 0 Å². The summed E-state index contributed by atoms with van der Waals surface area (Å²) in [6, 6.07) is 40.6. The first-order valence-electron chi connectivity index (χ1n) is 14.0. The highest BCUT2D eigenvalue weighted by Crippen LogP contribution is 2.42. The molecule has 1 aliphatic rings. The monoisotopic (exact) mass is 565 g/mol. The second-order valence-corrected chi connectivity index (χ2v) is 11.2. The van der Waals surface area contributed by atoms with E-state index in [9.17, 15) is 4.79 Å². The zero-order valence-corrected chi connectivity index (χ0v) is 23.7. The van der Waals surface area contributed by atoms with Crippen LogP contribution in [0.3, 0.4) is 0 Å². The van der Waals surface area contributed by atoms with Gasteiger partial charge < -0.3 is 5.32 Å². The van der Waals surface area contributed by atoms with Gasteiger partial charge in [0.15, 0.2) is 0 Å². The number of halogens is 1. The molecule has 6 aromatic carbocycles. The molecule has 0 radical (unpaired) electrons. The van der Waals surface area contributed by atoms with E-state index in [0.717, 1.165) is 5.56 Å². The van der Waals surface area contributed by atoms with Gasteiger partial charge in [0, 0.05) is 29.2 Å². The molecule has 0 bridgehead atoms. The van der Waals surface area contributed by atoms with E-state index >= 15 is 0 Å². The highest BCUT2D eigenvalue weighted by molar-refractivity contribution is 6.31. The first kappa shape index (κ1) is 26.1. The molecular formula is C37H28ClN3O. The maximum Gasteiger partial charge on any atom is 0.238 e. The molecule has 6 aromatic rings. The van der Waals surface area contributed by atoms with Crippen molar-refractivity contribution in [2.75, 3.05) is 11.9 Å². The number of amides is 1. The van der Waals surface area contributed by atoms with Crippen molar-refractivity contribution in [1.82, 2.24) is 4.90 Å². The van der Waals surface area contributed by atoms with Crippen molar-refractivity contribution in [2.45, 2.75) is 13.1 Å². The summed E-state index contributed by atoms with van der Waals surface area (Å²) in [6.07, 6.45) is 0. The van der Waals surface area contributed by atoms with Crippen molar-refractivity contribution < 1.29 is 4.79 Å². The lowest BCUT2D eigenvalue weighted by molar-refractivity contribution is -0.117. The Bertz CT molecular complexity index is 1910. The number of carbonyl (C=O) groups excluding carboxylic acids is 1. The van der Waals surface area contributed by atoms with Crippen molar-refractivity contribution in [3.05, 3.63) is 149 Å². The molecule has 0 spiro atoms. The van der Waals surface area contributed by atoms with Crippen molar-refractivity contribution in [3.63, 3.8) is 0 Å². The third-order valence-corrected chi connectivity index (χ3v) is 8.26. The number of rotatable bonds is 5. The van der Waals surface area contributed by atoms with Gasteiger partial charge in [-0.15, -0.1) is 0 Å². The lowest BCUT2D eigenvalue weighted by atomic mass is 9.88. The molecule has 0 fully saturated rings. The number of benzene rings is 6. The van der Waals surface area contributed by atoms with E-state index in [2.05, 4.69) is 83.0 Å². The molecule has 5 heteroatoms. The number of carbonyl (C=O) groups is 1. The van der Waals surface area contributed by atoms with E-state index in [4.69, 9.17) is 17.0 Å². The van der Waals surface area contributed by atoms with E-state index in [1.54, 1.807) is 18.2 Å². The largest absolute Gasteiger partial charge is 0.324 e. The molecule has 0 aliphatic carbocycles. The first-order valence-corrected chi connectivity index (χ1v) is 14.4. The zero-order valence-electron chi connectivity index (χ0n) is 22.9. The topological polar surface area (TPSA) is 56.2 Å². The Labute approximate surface area is 249 Å². The Morgan fingerprint density at radius 2 is 1.29 bits per heavy atom. The van der Waals surface area contributed by atoms with Crippen LogP contribution in [-0.2, 0) is 17.9 Å². The van der Waals surface area contributed by atoms with Gasteiger partial charge in [0.1, 0.15) is 0 Å². The molecule has 0 atom stereocenters. The van der Waals surface area contributed by atoms with Crippen molar-refractivity contribution in [3.8, 4) is 11.1 Å². The molecule has 7 rings (SSSR count). The summed E-state index contributed by atoms with van der Waals surface area (Å²) in [5.41, 5.74) is 7.14. The van der Waals surface area contributed by atoms with Gasteiger partial charge in [-0.1, -0.05) is 115 Å². The maximum atomic E-state index is 13.6. The maximum absolute atomic E-state index is 13.6. The quantitative estimate of drug-likeness (QED) is 0.205. The number of fused-ring (bicyclic) bond motifs is 7. The van der Waals surface area contributed by atoms with Gasteiger partial charge in [-0.05, 0) is 62.0 Å². The highest BCUT2D eigenvalue weighted by Gasteiger charge is 2.25. The van der Waals surface area contributed by atoms with E-state index in [1.807, 2.05) is 30.3 Å². The Hall–Kier alpha value is -4.77. The molecule has 0 aromatic heterocycles. The molecule has 0 unspecified atom stereocenters. The van der Waals surface area contributed by atoms with Gasteiger partial charge in [0.25, 0.3) is 0 Å². The van der Waals surface area contributed by atoms with Crippen molar-refractivity contribution in [1.29, 1.82) is 5.41 Å². The molecule has 1 heterocycles. The Morgan fingerprint density at radius 1 is 0.714 bits per heavy atom. The van der Waals surface area contributed by atoms with Gasteiger partial charge in [-0.3, -0.25) is 15.1 Å². The molecular weight excluding hydrogens is 538 g/mol. The smallest absolute Gasteiger partial charge is 0.238 e. The van der Waals surface area contributed by atoms with Gasteiger partial charge in [-0.2, -0.15) is 0 Å². The number of anilines is 1. The third-order valence-electron chi connectivity index (χ3n) is 8.02. The summed E-state index contributed by atoms with van der Waals surface area (Å²) in [6.45, 7) is 1.49. The summed E-state index contributed by atoms with van der Waals surface area (Å²) in [4.78, 5) is 15.8. The van der Waals surface area contributed by atoms with Crippen molar-refractivity contribution in [2.24, 2.45) is 0 Å². The normalized spacial score (nSPS) is 12.9. The van der Waals surface area contributed by atoms with Crippen molar-refractivity contribution >= 4 is 50.5 Å². The van der Waals surface area contributed by atoms with Crippen LogP contribution in [0.25, 0.3) is 32.7 Å². The van der Waals surface area contributed by atoms with Crippen LogP contribution in [0.1, 0.15) is 22.3 Å². The van der Waals surface area contributed by atoms with Gasteiger partial charge >= 0.3 is 0 Å². The highest BCUT2D eigenvalue weighted by atomic mass is 35.5. The summed E-state index contributed by atoms with van der Waals surface area (Å²) in [5, 5.41) is 17.3. The van der Waals surface area contributed by atoms with Gasteiger partial charge in [0.05, 0.1) is 17.9 Å². The molecule has 2 N–H and O–H groups in total. The fourth-order valence-corrected chi connectivity index (χ4v) is 6.29. The standard InChI is InChI=1S/C37H28ClN3O/c38-29-18-19-33(32(20-29)37(39)26-10-2-1-3-11-26)40-34(42)23-41-21-27-16-14-24-8-4-6-12-30(24)35(27)36-28(22-41)17-15-25-9-5-7-13-31(25)36/h1-20,39H,21-23H2,(H,40,42). The molecule has 42 heavy (non-hydrogen) atoms. The second kappa shape index (κ2) is 10.9. The lowest BCUT2D eigenvalue weighted by Crippen LogP contribution is -2.32. The zero-order chi connectivity index (χ0) is 28.6. The molecule has 4 nitrogen and oxygen atoms in total. The molecule has 1 amide bonds. The van der Waals surface area contributed by atoms with Crippen LogP contribution in [0.4, 0.5) is 5.69 Å². The predicted octanol–water partition coefficient (Wildman–Crippen LogP) is 8.68. The summed E-state index contributed by atoms with van der Waals surface area (Å²) in [5.74, 6) is -0.133. The molecule has 0 saturated carbocycles.